The Morgan fingerprint density at radius 1 is 1.42 bits per heavy atom. The normalized spacial score (nSPS) is 29.5. The molecule has 0 bridgehead atoms. The van der Waals surface area contributed by atoms with Gasteiger partial charge in [-0.3, -0.25) is 0 Å². The lowest BCUT2D eigenvalue weighted by atomic mass is 10.0. The fraction of sp³-hybridized carbons (Fsp3) is 1.00. The molecule has 1 nitrogen and oxygen atoms in total. The number of aliphatic hydroxyl groups excluding tert-OH is 1. The van der Waals surface area contributed by atoms with Crippen LogP contribution in [0.4, 0.5) is 0 Å². The second-order valence-electron chi connectivity index (χ2n) is 3.60. The van der Waals surface area contributed by atoms with Gasteiger partial charge in [0.2, 0.25) is 0 Å². The van der Waals surface area contributed by atoms with Crippen molar-refractivity contribution in [2.75, 3.05) is 11.5 Å². The first-order chi connectivity index (χ1) is 5.84. The number of aliphatic hydroxyl groups is 1. The Labute approximate surface area is 79.9 Å². The van der Waals surface area contributed by atoms with Crippen molar-refractivity contribution in [3.8, 4) is 0 Å². The van der Waals surface area contributed by atoms with Gasteiger partial charge in [-0.1, -0.05) is 13.3 Å². The van der Waals surface area contributed by atoms with Crippen LogP contribution < -0.4 is 0 Å². The van der Waals surface area contributed by atoms with Crippen molar-refractivity contribution in [3.63, 3.8) is 0 Å². The van der Waals surface area contributed by atoms with Crippen molar-refractivity contribution in [1.29, 1.82) is 0 Å². The predicted molar refractivity (Wildman–Crippen MR) is 55.6 cm³/mol. The molecule has 0 heterocycles. The zero-order chi connectivity index (χ0) is 8.81. The second kappa shape index (κ2) is 5.87. The number of rotatable bonds is 5. The van der Waals surface area contributed by atoms with Gasteiger partial charge >= 0.3 is 0 Å². The maximum atomic E-state index is 9.54. The summed E-state index contributed by atoms with van der Waals surface area (Å²) in [5, 5.41) is 9.54. The molecule has 12 heavy (non-hydrogen) atoms. The van der Waals surface area contributed by atoms with Crippen LogP contribution in [0, 0.1) is 5.92 Å². The summed E-state index contributed by atoms with van der Waals surface area (Å²) < 4.78 is 0. The lowest BCUT2D eigenvalue weighted by Gasteiger charge is -2.13. The maximum absolute atomic E-state index is 9.54. The highest BCUT2D eigenvalue weighted by Gasteiger charge is 2.23. The van der Waals surface area contributed by atoms with Gasteiger partial charge in [0.25, 0.3) is 0 Å². The van der Waals surface area contributed by atoms with Crippen molar-refractivity contribution in [2.24, 2.45) is 5.92 Å². The summed E-state index contributed by atoms with van der Waals surface area (Å²) in [5.41, 5.74) is 0. The number of thioether (sulfide) groups is 1. The lowest BCUT2D eigenvalue weighted by Crippen LogP contribution is -2.12. The van der Waals surface area contributed by atoms with E-state index in [-0.39, 0.29) is 6.10 Å². The molecule has 0 saturated heterocycles. The summed E-state index contributed by atoms with van der Waals surface area (Å²) in [4.78, 5) is 0. The van der Waals surface area contributed by atoms with E-state index in [0.717, 1.165) is 6.42 Å². The molecular weight excluding hydrogens is 168 g/mol. The molecule has 2 atom stereocenters. The second-order valence-corrected chi connectivity index (χ2v) is 4.99. The molecule has 1 N–H and O–H groups in total. The molecule has 1 aliphatic rings. The summed E-state index contributed by atoms with van der Waals surface area (Å²) in [6, 6.07) is 0. The molecule has 1 aliphatic carbocycles. The SMILES string of the molecule is CCSCCCC1CCCC1O. The molecule has 0 radical (unpaired) electrons. The van der Waals surface area contributed by atoms with Gasteiger partial charge in [0, 0.05) is 0 Å². The summed E-state index contributed by atoms with van der Waals surface area (Å²) in [5.74, 6) is 3.13. The highest BCUT2D eigenvalue weighted by Crippen LogP contribution is 2.29. The largest absolute Gasteiger partial charge is 0.393 e. The summed E-state index contributed by atoms with van der Waals surface area (Å²) >= 11 is 2.01. The predicted octanol–water partition coefficient (Wildman–Crippen LogP) is 2.68. The number of hydrogen-bond acceptors (Lipinski definition) is 2. The number of hydrogen-bond donors (Lipinski definition) is 1. The minimum absolute atomic E-state index is 0.0247. The molecule has 1 saturated carbocycles. The molecule has 1 rings (SSSR count). The van der Waals surface area contributed by atoms with Gasteiger partial charge in [0.1, 0.15) is 0 Å². The highest BCUT2D eigenvalue weighted by atomic mass is 32.2. The zero-order valence-electron chi connectivity index (χ0n) is 7.96. The minimum Gasteiger partial charge on any atom is -0.393 e. The van der Waals surface area contributed by atoms with Crippen LogP contribution in [0.3, 0.4) is 0 Å². The van der Waals surface area contributed by atoms with E-state index in [1.54, 1.807) is 0 Å². The van der Waals surface area contributed by atoms with Gasteiger partial charge in [0.15, 0.2) is 0 Å². The average Bonchev–Trinajstić information content (AvgIpc) is 2.46. The molecule has 0 aromatic heterocycles. The van der Waals surface area contributed by atoms with Crippen molar-refractivity contribution in [2.45, 2.75) is 45.1 Å². The fourth-order valence-corrected chi connectivity index (χ4v) is 2.61. The third-order valence-corrected chi connectivity index (χ3v) is 3.67. The average molecular weight is 188 g/mol. The molecule has 72 valence electrons. The van der Waals surface area contributed by atoms with Crippen LogP contribution in [0.25, 0.3) is 0 Å². The van der Waals surface area contributed by atoms with Gasteiger partial charge in [-0.05, 0) is 43.1 Å². The first-order valence-electron chi connectivity index (χ1n) is 5.10. The summed E-state index contributed by atoms with van der Waals surface area (Å²) in [6.07, 6.45) is 6.11. The molecule has 0 amide bonds. The van der Waals surface area contributed by atoms with Gasteiger partial charge in [0.05, 0.1) is 6.10 Å². The van der Waals surface area contributed by atoms with Crippen LogP contribution in [0.5, 0.6) is 0 Å². The Morgan fingerprint density at radius 2 is 2.25 bits per heavy atom. The van der Waals surface area contributed by atoms with Crippen LogP contribution in [0.1, 0.15) is 39.0 Å². The first-order valence-corrected chi connectivity index (χ1v) is 6.26. The third kappa shape index (κ3) is 3.36. The Morgan fingerprint density at radius 3 is 2.83 bits per heavy atom. The van der Waals surface area contributed by atoms with Crippen LogP contribution in [-0.4, -0.2) is 22.7 Å². The molecule has 0 aromatic rings. The Balaban J connectivity index is 1.98. The fourth-order valence-electron chi connectivity index (χ4n) is 1.95. The lowest BCUT2D eigenvalue weighted by molar-refractivity contribution is 0.128. The van der Waals surface area contributed by atoms with Crippen LogP contribution in [-0.2, 0) is 0 Å². The van der Waals surface area contributed by atoms with E-state index in [4.69, 9.17) is 0 Å². The topological polar surface area (TPSA) is 20.2 Å². The van der Waals surface area contributed by atoms with Crippen molar-refractivity contribution in [1.82, 2.24) is 0 Å². The van der Waals surface area contributed by atoms with Gasteiger partial charge in [-0.25, -0.2) is 0 Å². The van der Waals surface area contributed by atoms with Crippen molar-refractivity contribution < 1.29 is 5.11 Å². The molecule has 0 spiro atoms. The van der Waals surface area contributed by atoms with Gasteiger partial charge < -0.3 is 5.11 Å². The van der Waals surface area contributed by atoms with Crippen LogP contribution in [0.2, 0.25) is 0 Å². The Hall–Kier alpha value is 0.310. The van der Waals surface area contributed by atoms with Crippen LogP contribution >= 0.6 is 11.8 Å². The Bertz CT molecular complexity index is 116. The standard InChI is InChI=1S/C10H20OS/c1-2-12-8-4-6-9-5-3-7-10(9)11/h9-11H,2-8H2,1H3. The van der Waals surface area contributed by atoms with E-state index in [1.165, 1.54) is 37.2 Å². The van der Waals surface area contributed by atoms with E-state index >= 15 is 0 Å². The highest BCUT2D eigenvalue weighted by molar-refractivity contribution is 7.99. The zero-order valence-corrected chi connectivity index (χ0v) is 8.78. The Kier molecular flexibility index (Phi) is 5.08. The van der Waals surface area contributed by atoms with E-state index in [1.807, 2.05) is 11.8 Å². The molecule has 2 unspecified atom stereocenters. The quantitative estimate of drug-likeness (QED) is 0.669. The minimum atomic E-state index is 0.0247. The van der Waals surface area contributed by atoms with E-state index in [9.17, 15) is 5.11 Å². The summed E-state index contributed by atoms with van der Waals surface area (Å²) in [6.45, 7) is 2.20. The van der Waals surface area contributed by atoms with E-state index in [0.29, 0.717) is 5.92 Å². The monoisotopic (exact) mass is 188 g/mol. The van der Waals surface area contributed by atoms with Gasteiger partial charge in [-0.15, -0.1) is 0 Å². The maximum Gasteiger partial charge on any atom is 0.0568 e. The van der Waals surface area contributed by atoms with Gasteiger partial charge in [-0.2, -0.15) is 11.8 Å². The smallest absolute Gasteiger partial charge is 0.0568 e. The van der Waals surface area contributed by atoms with Crippen LogP contribution in [0.15, 0.2) is 0 Å². The molecule has 2 heteroatoms. The molecule has 0 aromatic carbocycles. The third-order valence-electron chi connectivity index (χ3n) is 2.69. The van der Waals surface area contributed by atoms with Crippen molar-refractivity contribution >= 4 is 11.8 Å². The molecule has 0 aliphatic heterocycles. The van der Waals surface area contributed by atoms with E-state index < -0.39 is 0 Å². The summed E-state index contributed by atoms with van der Waals surface area (Å²) in [7, 11) is 0. The van der Waals surface area contributed by atoms with E-state index in [2.05, 4.69) is 6.92 Å². The van der Waals surface area contributed by atoms with Crippen molar-refractivity contribution in [3.05, 3.63) is 0 Å². The molecule has 1 fully saturated rings. The molecular formula is C10H20OS. The first kappa shape index (κ1) is 10.4.